The van der Waals surface area contributed by atoms with Crippen molar-refractivity contribution >= 4 is 22.9 Å². The van der Waals surface area contributed by atoms with Gasteiger partial charge in [-0.15, -0.1) is 11.3 Å². The fourth-order valence-corrected chi connectivity index (χ4v) is 3.32. The Labute approximate surface area is 157 Å². The molecule has 1 N–H and O–H groups in total. The highest BCUT2D eigenvalue weighted by Gasteiger charge is 2.24. The summed E-state index contributed by atoms with van der Waals surface area (Å²) in [5, 5.41) is 17.0. The maximum Gasteiger partial charge on any atom is 0.278 e. The first-order valence-electron chi connectivity index (χ1n) is 7.58. The maximum absolute atomic E-state index is 14.6. The number of halogens is 2. The van der Waals surface area contributed by atoms with Gasteiger partial charge < -0.3 is 9.84 Å². The number of ether oxygens (including phenoxy) is 1. The standard InChI is InChI=1S/C17H15ClFN3O3S/c1-8-15(23)14(17(24)22(3)21-8)13-12(19)5-4-11(18)16(13)25-6-10-7-26-9(2)20-10/h4-5,7,23H,6H2,1-3H3. The fraction of sp³-hybridized carbons (Fsp3) is 0.235. The number of thiazole rings is 1. The summed E-state index contributed by atoms with van der Waals surface area (Å²) in [6.45, 7) is 3.42. The van der Waals surface area contributed by atoms with Crippen molar-refractivity contribution in [3.05, 3.63) is 55.1 Å². The van der Waals surface area contributed by atoms with Crippen LogP contribution in [0.15, 0.2) is 22.3 Å². The molecule has 26 heavy (non-hydrogen) atoms. The summed E-state index contributed by atoms with van der Waals surface area (Å²) < 4.78 is 21.3. The van der Waals surface area contributed by atoms with Crippen molar-refractivity contribution in [2.45, 2.75) is 20.5 Å². The lowest BCUT2D eigenvalue weighted by Crippen LogP contribution is -2.23. The minimum Gasteiger partial charge on any atom is -0.505 e. The molecule has 0 saturated heterocycles. The minimum absolute atomic E-state index is 0.0321. The molecule has 2 aromatic heterocycles. The molecule has 0 radical (unpaired) electrons. The highest BCUT2D eigenvalue weighted by molar-refractivity contribution is 7.09. The van der Waals surface area contributed by atoms with Gasteiger partial charge in [-0.25, -0.2) is 14.1 Å². The van der Waals surface area contributed by atoms with Gasteiger partial charge in [-0.05, 0) is 26.0 Å². The van der Waals surface area contributed by atoms with Gasteiger partial charge in [0.1, 0.15) is 23.9 Å². The summed E-state index contributed by atoms with van der Waals surface area (Å²) >= 11 is 7.65. The topological polar surface area (TPSA) is 77.2 Å². The van der Waals surface area contributed by atoms with Gasteiger partial charge in [0.2, 0.25) is 0 Å². The summed E-state index contributed by atoms with van der Waals surface area (Å²) in [7, 11) is 1.42. The van der Waals surface area contributed by atoms with Crippen molar-refractivity contribution in [2.75, 3.05) is 0 Å². The molecule has 0 aliphatic carbocycles. The predicted molar refractivity (Wildman–Crippen MR) is 97.5 cm³/mol. The molecule has 0 bridgehead atoms. The van der Waals surface area contributed by atoms with Crippen LogP contribution < -0.4 is 10.3 Å². The van der Waals surface area contributed by atoms with Crippen molar-refractivity contribution in [2.24, 2.45) is 7.05 Å². The van der Waals surface area contributed by atoms with E-state index in [2.05, 4.69) is 10.1 Å². The molecule has 0 amide bonds. The number of hydrogen-bond acceptors (Lipinski definition) is 6. The molecular weight excluding hydrogens is 381 g/mol. The van der Waals surface area contributed by atoms with E-state index in [1.807, 2.05) is 12.3 Å². The van der Waals surface area contributed by atoms with Crippen molar-refractivity contribution in [3.8, 4) is 22.6 Å². The number of benzene rings is 1. The molecule has 136 valence electrons. The zero-order valence-corrected chi connectivity index (χ0v) is 15.8. The van der Waals surface area contributed by atoms with Gasteiger partial charge in [0.25, 0.3) is 5.56 Å². The molecule has 0 fully saturated rings. The number of aromatic nitrogens is 3. The monoisotopic (exact) mass is 395 g/mol. The zero-order valence-electron chi connectivity index (χ0n) is 14.2. The average molecular weight is 396 g/mol. The lowest BCUT2D eigenvalue weighted by atomic mass is 10.0. The first-order valence-corrected chi connectivity index (χ1v) is 8.84. The highest BCUT2D eigenvalue weighted by Crippen LogP contribution is 2.41. The fourth-order valence-electron chi connectivity index (χ4n) is 2.52. The molecule has 2 heterocycles. The number of hydrogen-bond donors (Lipinski definition) is 1. The molecule has 6 nitrogen and oxygen atoms in total. The Morgan fingerprint density at radius 1 is 1.35 bits per heavy atom. The van der Waals surface area contributed by atoms with Crippen LogP contribution >= 0.6 is 22.9 Å². The van der Waals surface area contributed by atoms with Gasteiger partial charge in [0, 0.05) is 12.4 Å². The number of aryl methyl sites for hydroxylation is 3. The Hall–Kier alpha value is -2.45. The van der Waals surface area contributed by atoms with Crippen LogP contribution in [0.2, 0.25) is 5.02 Å². The second-order valence-corrected chi connectivity index (χ2v) is 7.09. The van der Waals surface area contributed by atoms with Crippen LogP contribution in [-0.2, 0) is 13.7 Å². The Morgan fingerprint density at radius 3 is 2.73 bits per heavy atom. The molecule has 0 aliphatic heterocycles. The first kappa shape index (κ1) is 18.3. The van der Waals surface area contributed by atoms with Gasteiger partial charge in [-0.2, -0.15) is 5.10 Å². The molecule has 0 aliphatic rings. The third kappa shape index (κ3) is 3.30. The van der Waals surface area contributed by atoms with E-state index in [1.165, 1.54) is 31.4 Å². The van der Waals surface area contributed by atoms with Crippen LogP contribution in [0.5, 0.6) is 11.5 Å². The smallest absolute Gasteiger partial charge is 0.278 e. The van der Waals surface area contributed by atoms with E-state index in [4.69, 9.17) is 16.3 Å². The van der Waals surface area contributed by atoms with E-state index in [-0.39, 0.29) is 34.2 Å². The predicted octanol–water partition coefficient (Wildman–Crippen LogP) is 3.60. The summed E-state index contributed by atoms with van der Waals surface area (Å²) in [6, 6.07) is 2.45. The van der Waals surface area contributed by atoms with Gasteiger partial charge in [-0.1, -0.05) is 11.6 Å². The summed E-state index contributed by atoms with van der Waals surface area (Å²) in [4.78, 5) is 16.8. The molecule has 0 spiro atoms. The highest BCUT2D eigenvalue weighted by atomic mass is 35.5. The molecule has 3 aromatic rings. The average Bonchev–Trinajstić information content (AvgIpc) is 3.01. The second kappa shape index (κ2) is 7.05. The Balaban J connectivity index is 2.17. The third-order valence-electron chi connectivity index (χ3n) is 3.73. The lowest BCUT2D eigenvalue weighted by Gasteiger charge is -2.15. The number of aromatic hydroxyl groups is 1. The molecule has 9 heteroatoms. The quantitative estimate of drug-likeness (QED) is 0.730. The number of nitrogens with zero attached hydrogens (tertiary/aromatic N) is 3. The first-order chi connectivity index (χ1) is 12.3. The largest absolute Gasteiger partial charge is 0.505 e. The van der Waals surface area contributed by atoms with Crippen LogP contribution in [0, 0.1) is 19.7 Å². The van der Waals surface area contributed by atoms with Crippen LogP contribution in [0.1, 0.15) is 16.4 Å². The number of rotatable bonds is 4. The van der Waals surface area contributed by atoms with Crippen molar-refractivity contribution < 1.29 is 14.2 Å². The molecule has 0 unspecified atom stereocenters. The minimum atomic E-state index is -0.739. The maximum atomic E-state index is 14.6. The third-order valence-corrected chi connectivity index (χ3v) is 4.85. The molecule has 1 aromatic carbocycles. The summed E-state index contributed by atoms with van der Waals surface area (Å²) in [6.07, 6.45) is 0. The molecule has 3 rings (SSSR count). The lowest BCUT2D eigenvalue weighted by molar-refractivity contribution is 0.302. The summed E-state index contributed by atoms with van der Waals surface area (Å²) in [5.41, 5.74) is -0.273. The van der Waals surface area contributed by atoms with E-state index in [1.54, 1.807) is 0 Å². The Morgan fingerprint density at radius 2 is 2.08 bits per heavy atom. The van der Waals surface area contributed by atoms with Crippen LogP contribution in [0.4, 0.5) is 4.39 Å². The van der Waals surface area contributed by atoms with Crippen LogP contribution in [-0.4, -0.2) is 19.9 Å². The SMILES string of the molecule is Cc1nc(COc2c(Cl)ccc(F)c2-c2c(O)c(C)nn(C)c2=O)cs1. The second-order valence-electron chi connectivity index (χ2n) is 5.62. The van der Waals surface area contributed by atoms with Crippen LogP contribution in [0.25, 0.3) is 11.1 Å². The van der Waals surface area contributed by atoms with Gasteiger partial charge in [0.05, 0.1) is 26.9 Å². The Kier molecular flexibility index (Phi) is 4.97. The van der Waals surface area contributed by atoms with Crippen LogP contribution in [0.3, 0.4) is 0 Å². The molecular formula is C17H15ClFN3O3S. The Bertz CT molecular complexity index is 1050. The summed E-state index contributed by atoms with van der Waals surface area (Å²) in [5.74, 6) is -1.18. The molecule has 0 atom stereocenters. The van der Waals surface area contributed by atoms with E-state index in [9.17, 15) is 14.3 Å². The molecule has 0 saturated carbocycles. The van der Waals surface area contributed by atoms with E-state index < -0.39 is 17.1 Å². The van der Waals surface area contributed by atoms with E-state index >= 15 is 0 Å². The zero-order chi connectivity index (χ0) is 19.0. The van der Waals surface area contributed by atoms with E-state index in [0.29, 0.717) is 5.69 Å². The van der Waals surface area contributed by atoms with Crippen molar-refractivity contribution in [1.29, 1.82) is 0 Å². The van der Waals surface area contributed by atoms with Crippen molar-refractivity contribution in [3.63, 3.8) is 0 Å². The normalized spacial score (nSPS) is 11.0. The van der Waals surface area contributed by atoms with Gasteiger partial charge >= 0.3 is 0 Å². The van der Waals surface area contributed by atoms with Gasteiger partial charge in [0.15, 0.2) is 5.75 Å². The van der Waals surface area contributed by atoms with Crippen molar-refractivity contribution in [1.82, 2.24) is 14.8 Å². The van der Waals surface area contributed by atoms with Gasteiger partial charge in [-0.3, -0.25) is 4.79 Å². The van der Waals surface area contributed by atoms with E-state index in [0.717, 1.165) is 15.8 Å².